The van der Waals surface area contributed by atoms with Gasteiger partial charge in [-0.1, -0.05) is 25.1 Å². The van der Waals surface area contributed by atoms with E-state index in [0.717, 1.165) is 46.9 Å². The summed E-state index contributed by atoms with van der Waals surface area (Å²) in [7, 11) is 0. The number of aromatic amines is 1. The molecule has 0 bridgehead atoms. The van der Waals surface area contributed by atoms with Gasteiger partial charge in [0, 0.05) is 36.1 Å². The molecule has 0 fully saturated rings. The Morgan fingerprint density at radius 2 is 1.90 bits per heavy atom. The minimum atomic E-state index is -0.217. The van der Waals surface area contributed by atoms with Crippen LogP contribution < -0.4 is 11.3 Å². The van der Waals surface area contributed by atoms with Crippen molar-refractivity contribution in [2.45, 2.75) is 26.3 Å². The molecular formula is C23H22N6O. The molecule has 7 heteroatoms. The summed E-state index contributed by atoms with van der Waals surface area (Å²) < 4.78 is 2.20. The second kappa shape index (κ2) is 7.35. The van der Waals surface area contributed by atoms with Gasteiger partial charge in [-0.2, -0.15) is 0 Å². The maximum Gasteiger partial charge on any atom is 0.275 e. The zero-order chi connectivity index (χ0) is 20.7. The van der Waals surface area contributed by atoms with E-state index in [1.807, 2.05) is 24.4 Å². The molecule has 0 aliphatic rings. The number of nitrogens with two attached hydrogens (primary N) is 1. The summed E-state index contributed by atoms with van der Waals surface area (Å²) >= 11 is 0. The molecule has 5 rings (SSSR count). The van der Waals surface area contributed by atoms with Crippen molar-refractivity contribution in [2.75, 3.05) is 6.54 Å². The lowest BCUT2D eigenvalue weighted by molar-refractivity contribution is 0.669. The van der Waals surface area contributed by atoms with Crippen LogP contribution in [0.5, 0.6) is 0 Å². The number of rotatable bonds is 5. The molecule has 30 heavy (non-hydrogen) atoms. The number of fused-ring (bicyclic) bond motifs is 3. The van der Waals surface area contributed by atoms with Gasteiger partial charge in [-0.05, 0) is 37.1 Å². The molecule has 0 amide bonds. The van der Waals surface area contributed by atoms with Crippen molar-refractivity contribution < 1.29 is 0 Å². The van der Waals surface area contributed by atoms with Crippen molar-refractivity contribution in [1.29, 1.82) is 0 Å². The zero-order valence-electron chi connectivity index (χ0n) is 16.7. The summed E-state index contributed by atoms with van der Waals surface area (Å²) in [6.07, 6.45) is 7.10. The van der Waals surface area contributed by atoms with Crippen LogP contribution in [0.1, 0.15) is 18.9 Å². The fourth-order valence-electron chi connectivity index (χ4n) is 4.08. The maximum absolute atomic E-state index is 13.0. The number of hydrogen-bond donors (Lipinski definition) is 2. The lowest BCUT2D eigenvalue weighted by atomic mass is 10.1. The average molecular weight is 398 g/mol. The molecule has 7 nitrogen and oxygen atoms in total. The number of aromatic nitrogens is 5. The van der Waals surface area contributed by atoms with Gasteiger partial charge in [-0.25, -0.2) is 4.98 Å². The van der Waals surface area contributed by atoms with Crippen molar-refractivity contribution in [2.24, 2.45) is 5.73 Å². The predicted molar refractivity (Wildman–Crippen MR) is 119 cm³/mol. The molecule has 2 aromatic carbocycles. The first kappa shape index (κ1) is 18.4. The third kappa shape index (κ3) is 2.95. The number of nitrogens with zero attached hydrogens (tertiary/aromatic N) is 4. The van der Waals surface area contributed by atoms with E-state index < -0.39 is 0 Å². The Morgan fingerprint density at radius 1 is 1.10 bits per heavy atom. The summed E-state index contributed by atoms with van der Waals surface area (Å²) in [4.78, 5) is 29.4. The first-order valence-corrected chi connectivity index (χ1v) is 10.2. The summed E-state index contributed by atoms with van der Waals surface area (Å²) in [6, 6.07) is 9.90. The standard InChI is InChI=1S/C23H22N6O/c1-2-14-5-3-6-15-16(13-29(22(14)15)10-4-7-24)21-23(30)28-20-12-18-17(11-19(20)27-21)25-8-9-26-18/h3,5-6,8-9,11-13H,2,4,7,10,24H2,1H3,(H,28,30). The molecule has 0 unspecified atom stereocenters. The number of hydrogen-bond acceptors (Lipinski definition) is 5. The molecule has 0 saturated carbocycles. The fraction of sp³-hybridized carbons (Fsp3) is 0.217. The van der Waals surface area contributed by atoms with Crippen LogP contribution in [0.2, 0.25) is 0 Å². The van der Waals surface area contributed by atoms with E-state index >= 15 is 0 Å². The lowest BCUT2D eigenvalue weighted by Crippen LogP contribution is -2.11. The molecule has 3 heterocycles. The van der Waals surface area contributed by atoms with Crippen molar-refractivity contribution in [3.63, 3.8) is 0 Å². The van der Waals surface area contributed by atoms with Gasteiger partial charge in [-0.3, -0.25) is 14.8 Å². The van der Waals surface area contributed by atoms with E-state index in [-0.39, 0.29) is 5.56 Å². The SMILES string of the molecule is CCc1cccc2c(-c3nc4cc5nccnc5cc4[nH]c3=O)cn(CCCN)c12. The van der Waals surface area contributed by atoms with Crippen LogP contribution in [0.25, 0.3) is 44.2 Å². The normalized spacial score (nSPS) is 11.7. The molecule has 0 aliphatic heterocycles. The summed E-state index contributed by atoms with van der Waals surface area (Å²) in [5.41, 5.74) is 12.0. The highest BCUT2D eigenvalue weighted by Crippen LogP contribution is 2.31. The smallest absolute Gasteiger partial charge is 0.275 e. The highest BCUT2D eigenvalue weighted by atomic mass is 16.1. The van der Waals surface area contributed by atoms with Crippen LogP contribution in [-0.4, -0.2) is 31.0 Å². The van der Waals surface area contributed by atoms with Crippen LogP contribution in [0.4, 0.5) is 0 Å². The lowest BCUT2D eigenvalue weighted by Gasteiger charge is -2.07. The van der Waals surface area contributed by atoms with Crippen LogP contribution in [-0.2, 0) is 13.0 Å². The highest BCUT2D eigenvalue weighted by molar-refractivity contribution is 5.98. The van der Waals surface area contributed by atoms with E-state index in [4.69, 9.17) is 10.7 Å². The Kier molecular flexibility index (Phi) is 4.52. The Morgan fingerprint density at radius 3 is 2.67 bits per heavy atom. The van der Waals surface area contributed by atoms with Crippen LogP contribution >= 0.6 is 0 Å². The Balaban J connectivity index is 1.77. The minimum absolute atomic E-state index is 0.217. The molecule has 0 radical (unpaired) electrons. The number of H-pyrrole nitrogens is 1. The number of benzene rings is 2. The maximum atomic E-state index is 13.0. The van der Waals surface area contributed by atoms with Crippen LogP contribution in [0.3, 0.4) is 0 Å². The number of nitrogens with one attached hydrogen (secondary N) is 1. The van der Waals surface area contributed by atoms with Crippen molar-refractivity contribution in [3.8, 4) is 11.3 Å². The van der Waals surface area contributed by atoms with E-state index in [1.54, 1.807) is 12.4 Å². The molecule has 0 saturated heterocycles. The topological polar surface area (TPSA) is 102 Å². The second-order valence-electron chi connectivity index (χ2n) is 7.37. The molecular weight excluding hydrogens is 376 g/mol. The first-order chi connectivity index (χ1) is 14.7. The Hall–Kier alpha value is -3.58. The van der Waals surface area contributed by atoms with Gasteiger partial charge in [0.15, 0.2) is 0 Å². The highest BCUT2D eigenvalue weighted by Gasteiger charge is 2.17. The summed E-state index contributed by atoms with van der Waals surface area (Å²) in [6.45, 7) is 3.56. The van der Waals surface area contributed by atoms with Gasteiger partial charge in [0.05, 0.1) is 27.6 Å². The third-order valence-corrected chi connectivity index (χ3v) is 5.50. The molecule has 3 N–H and O–H groups in total. The van der Waals surface area contributed by atoms with Gasteiger partial charge in [-0.15, -0.1) is 0 Å². The van der Waals surface area contributed by atoms with E-state index in [0.29, 0.717) is 23.3 Å². The molecule has 5 aromatic rings. The third-order valence-electron chi connectivity index (χ3n) is 5.50. The fourth-order valence-corrected chi connectivity index (χ4v) is 4.08. The monoisotopic (exact) mass is 398 g/mol. The molecule has 3 aromatic heterocycles. The minimum Gasteiger partial charge on any atom is -0.347 e. The largest absolute Gasteiger partial charge is 0.347 e. The summed E-state index contributed by atoms with van der Waals surface area (Å²) in [5.74, 6) is 0. The Bertz CT molecular complexity index is 1450. The van der Waals surface area contributed by atoms with Crippen LogP contribution in [0.15, 0.2) is 53.7 Å². The molecule has 0 aliphatic carbocycles. The number of aryl methyl sites for hydroxylation is 2. The van der Waals surface area contributed by atoms with Crippen LogP contribution in [0, 0.1) is 0 Å². The predicted octanol–water partition coefficient (Wildman–Crippen LogP) is 3.40. The zero-order valence-corrected chi connectivity index (χ0v) is 16.7. The van der Waals surface area contributed by atoms with Gasteiger partial charge < -0.3 is 15.3 Å². The average Bonchev–Trinajstić information content (AvgIpc) is 3.14. The summed E-state index contributed by atoms with van der Waals surface area (Å²) in [5, 5.41) is 1.03. The molecule has 0 spiro atoms. The van der Waals surface area contributed by atoms with Gasteiger partial charge in [0.1, 0.15) is 5.69 Å². The quantitative estimate of drug-likeness (QED) is 0.442. The molecule has 0 atom stereocenters. The Labute approximate surface area is 172 Å². The first-order valence-electron chi connectivity index (χ1n) is 10.2. The van der Waals surface area contributed by atoms with E-state index in [1.165, 1.54) is 5.56 Å². The van der Waals surface area contributed by atoms with Gasteiger partial charge in [0.2, 0.25) is 0 Å². The second-order valence-corrected chi connectivity index (χ2v) is 7.37. The van der Waals surface area contributed by atoms with E-state index in [9.17, 15) is 4.79 Å². The van der Waals surface area contributed by atoms with Crippen molar-refractivity contribution in [3.05, 3.63) is 64.8 Å². The van der Waals surface area contributed by atoms with Crippen molar-refractivity contribution >= 4 is 33.0 Å². The van der Waals surface area contributed by atoms with E-state index in [2.05, 4.69) is 38.6 Å². The number of para-hydroxylation sites is 1. The van der Waals surface area contributed by atoms with Gasteiger partial charge >= 0.3 is 0 Å². The van der Waals surface area contributed by atoms with Crippen molar-refractivity contribution in [1.82, 2.24) is 24.5 Å². The van der Waals surface area contributed by atoms with Gasteiger partial charge in [0.25, 0.3) is 5.56 Å². The molecule has 150 valence electrons.